The Hall–Kier alpha value is -6.21. The van der Waals surface area contributed by atoms with Gasteiger partial charge < -0.3 is 29.4 Å². The Morgan fingerprint density at radius 3 is 0.681 bits per heavy atom. The molecule has 652 valence electrons. The predicted molar refractivity (Wildman–Crippen MR) is 502 cm³/mol. The maximum Gasteiger partial charge on any atom is 0.269 e. The molecular formula is C101H150Cl2FN13O2. The van der Waals surface area contributed by atoms with Crippen LogP contribution in [0.15, 0.2) is 158 Å². The molecule has 18 heteroatoms. The summed E-state index contributed by atoms with van der Waals surface area (Å²) in [6.45, 7) is 32.7. The van der Waals surface area contributed by atoms with Crippen LogP contribution in [0.2, 0.25) is 10.0 Å². The van der Waals surface area contributed by atoms with Crippen LogP contribution in [0.1, 0.15) is 213 Å². The van der Waals surface area contributed by atoms with Crippen molar-refractivity contribution in [2.75, 3.05) is 186 Å². The lowest BCUT2D eigenvalue weighted by Gasteiger charge is -2.42. The lowest BCUT2D eigenvalue weighted by molar-refractivity contribution is -0.384. The first-order valence-electron chi connectivity index (χ1n) is 47.9. The molecule has 0 atom stereocenters. The number of halogens is 3. The minimum atomic E-state index is -0.345. The Kier molecular flexibility index (Phi) is 37.1. The molecule has 0 amide bonds. The zero-order chi connectivity index (χ0) is 82.2. The summed E-state index contributed by atoms with van der Waals surface area (Å²) in [6.07, 6.45) is 44.1. The molecule has 0 aromatic heterocycles. The van der Waals surface area contributed by atoms with Crippen LogP contribution in [-0.2, 0) is 0 Å². The summed E-state index contributed by atoms with van der Waals surface area (Å²) in [4.78, 5) is 41.3. The number of hydrogen-bond acceptors (Lipinski definition) is 14. The molecule has 18 rings (SSSR count). The monoisotopic (exact) mass is 1670 g/mol. The molecule has 6 aliphatic heterocycles. The van der Waals surface area contributed by atoms with E-state index in [1.54, 1.807) is 24.3 Å². The molecule has 0 N–H and O–H groups in total. The number of piperazine rings is 6. The molecule has 6 heterocycles. The smallest absolute Gasteiger partial charge is 0.269 e. The first-order valence-corrected chi connectivity index (χ1v) is 48.7. The van der Waals surface area contributed by atoms with E-state index in [0.29, 0.717) is 0 Å². The van der Waals surface area contributed by atoms with Gasteiger partial charge >= 0.3 is 0 Å². The Morgan fingerprint density at radius 2 is 0.445 bits per heavy atom. The van der Waals surface area contributed by atoms with Crippen molar-refractivity contribution in [3.05, 3.63) is 184 Å². The normalized spacial score (nSPS) is 24.6. The van der Waals surface area contributed by atoms with E-state index in [2.05, 4.69) is 158 Å². The third-order valence-electron chi connectivity index (χ3n) is 29.2. The number of non-ortho nitro benzene ring substituents is 1. The Morgan fingerprint density at radius 1 is 0.252 bits per heavy atom. The highest BCUT2D eigenvalue weighted by Crippen LogP contribution is 2.35. The fourth-order valence-corrected chi connectivity index (χ4v) is 21.9. The topological polar surface area (TPSA) is 82.0 Å². The number of benzene rings is 6. The first-order chi connectivity index (χ1) is 58.4. The maximum absolute atomic E-state index is 13.0. The van der Waals surface area contributed by atoms with Gasteiger partial charge in [0.2, 0.25) is 0 Å². The average molecular weight is 1670 g/mol. The Labute approximate surface area is 728 Å². The fraction of sp³-hybridized carbons (Fsp3) is 0.644. The predicted octanol–water partition coefficient (Wildman–Crippen LogP) is 21.9. The lowest BCUT2D eigenvalue weighted by atomic mass is 9.86. The van der Waals surface area contributed by atoms with Gasteiger partial charge in [-0.15, -0.1) is 0 Å². The van der Waals surface area contributed by atoms with Crippen molar-refractivity contribution in [2.24, 2.45) is 11.8 Å². The van der Waals surface area contributed by atoms with Crippen LogP contribution in [0, 0.1) is 27.8 Å². The van der Waals surface area contributed by atoms with Gasteiger partial charge in [-0.05, 0) is 224 Å². The molecule has 0 spiro atoms. The van der Waals surface area contributed by atoms with E-state index in [4.69, 9.17) is 23.2 Å². The van der Waals surface area contributed by atoms with Crippen LogP contribution in [-0.4, -0.2) is 228 Å². The van der Waals surface area contributed by atoms with Crippen LogP contribution in [0.3, 0.4) is 0 Å². The van der Waals surface area contributed by atoms with E-state index >= 15 is 0 Å². The van der Waals surface area contributed by atoms with Crippen molar-refractivity contribution in [3.63, 3.8) is 0 Å². The van der Waals surface area contributed by atoms with E-state index in [0.717, 1.165) is 148 Å². The standard InChI is InChI=1S/C18H28N2.2C17H25ClN2.C17H25FN2.C17H26N2.C15H21N3O2/c1-2-5-9-17(10-6-3-1)19-13-15-20(16-14-19)18-11-7-4-8-12-18;1-14-2-6-16(7-3-14)19-10-12-20(13-11-19)17-8-4-15(18)5-9-17;18-15-7-9-17(10-8-15)20-13-11-19(12-14-20)16-5-3-1-2-4-6-16;1-14-2-6-16(7-3-14)19-10-12-20(13-11-19)17-8-4-15(18)5-9-17;1-2-5-9-16(8-4-1)18-12-14-19(15-13-18)17-10-6-3-7-11-17;19-18(20)15-7-5-14(6-8-15)17-11-9-16(10-12-17)13-3-1-2-4-13/h4,7-8,11-12,17H,1-3,5-6,9-10,13-16H2;4-5,8-9,14,16H,2-3,6-7,10-13H2,1H3;7-10,16H,1-6,11-14H2;4-5,8-9,14,16H,2-3,6-7,10-13H2,1H3;3,6-7,10-11,16H,1-2,4-5,8-9,12-15H2;5-8,13H,1-4,9-12H2. The van der Waals surface area contributed by atoms with E-state index in [1.807, 2.05) is 48.5 Å². The van der Waals surface area contributed by atoms with Crippen LogP contribution in [0.25, 0.3) is 0 Å². The molecule has 12 aliphatic rings. The zero-order valence-corrected chi connectivity index (χ0v) is 74.8. The third-order valence-corrected chi connectivity index (χ3v) is 29.8. The molecule has 6 saturated carbocycles. The van der Waals surface area contributed by atoms with E-state index in [1.165, 1.54) is 300 Å². The van der Waals surface area contributed by atoms with Gasteiger partial charge in [0.25, 0.3) is 5.69 Å². The Bertz CT molecular complexity index is 3620. The van der Waals surface area contributed by atoms with E-state index in [-0.39, 0.29) is 16.4 Å². The minimum absolute atomic E-state index is 0.149. The van der Waals surface area contributed by atoms with Crippen molar-refractivity contribution in [2.45, 2.75) is 249 Å². The van der Waals surface area contributed by atoms with Crippen molar-refractivity contribution >= 4 is 63.0 Å². The minimum Gasteiger partial charge on any atom is -0.369 e. The molecule has 6 aliphatic carbocycles. The van der Waals surface area contributed by atoms with E-state index in [9.17, 15) is 14.5 Å². The molecule has 6 saturated heterocycles. The quantitative estimate of drug-likeness (QED) is 0.0625. The summed E-state index contributed by atoms with van der Waals surface area (Å²) in [5, 5.41) is 12.3. The maximum atomic E-state index is 13.0. The highest BCUT2D eigenvalue weighted by molar-refractivity contribution is 6.31. The van der Waals surface area contributed by atoms with Crippen molar-refractivity contribution < 1.29 is 9.31 Å². The third kappa shape index (κ3) is 28.7. The van der Waals surface area contributed by atoms with Gasteiger partial charge in [-0.2, -0.15) is 0 Å². The van der Waals surface area contributed by atoms with Gasteiger partial charge in [0.15, 0.2) is 0 Å². The van der Waals surface area contributed by atoms with E-state index < -0.39 is 0 Å². The van der Waals surface area contributed by atoms with Gasteiger partial charge in [-0.1, -0.05) is 170 Å². The fourth-order valence-electron chi connectivity index (χ4n) is 21.6. The summed E-state index contributed by atoms with van der Waals surface area (Å²) < 4.78 is 13.0. The highest BCUT2D eigenvalue weighted by Gasteiger charge is 2.33. The summed E-state index contributed by atoms with van der Waals surface area (Å²) in [5.41, 5.74) is 7.83. The molecule has 15 nitrogen and oxygen atoms in total. The van der Waals surface area contributed by atoms with Crippen LogP contribution in [0.5, 0.6) is 0 Å². The van der Waals surface area contributed by atoms with Crippen molar-refractivity contribution in [3.8, 4) is 0 Å². The summed E-state index contributed by atoms with van der Waals surface area (Å²) in [5.74, 6) is 1.72. The molecule has 0 unspecified atom stereocenters. The summed E-state index contributed by atoms with van der Waals surface area (Å²) in [7, 11) is 0. The number of rotatable bonds is 13. The first kappa shape index (κ1) is 90.5. The zero-order valence-electron chi connectivity index (χ0n) is 73.3. The number of anilines is 6. The van der Waals surface area contributed by atoms with Gasteiger partial charge in [-0.3, -0.25) is 39.5 Å². The molecule has 0 bridgehead atoms. The van der Waals surface area contributed by atoms with Crippen molar-refractivity contribution in [1.82, 2.24) is 29.4 Å². The van der Waals surface area contributed by atoms with Crippen molar-refractivity contribution in [1.29, 1.82) is 0 Å². The highest BCUT2D eigenvalue weighted by atomic mass is 35.5. The van der Waals surface area contributed by atoms with Gasteiger partial charge in [-0.25, -0.2) is 4.39 Å². The summed E-state index contributed by atoms with van der Waals surface area (Å²) >= 11 is 11.9. The summed E-state index contributed by atoms with van der Waals surface area (Å²) in [6, 6.07) is 57.2. The number of nitrogens with zero attached hydrogens (tertiary/aromatic N) is 13. The average Bonchev–Trinajstić information content (AvgIpc) is 1.78. The molecular weight excluding hydrogens is 1520 g/mol. The second-order valence-electron chi connectivity index (χ2n) is 37.1. The van der Waals surface area contributed by atoms with Gasteiger partial charge in [0, 0.05) is 250 Å². The molecule has 6 aromatic carbocycles. The number of nitro groups is 1. The number of para-hydroxylation sites is 2. The second kappa shape index (κ2) is 48.7. The Balaban J connectivity index is 0.000000124. The number of hydrogen-bond donors (Lipinski definition) is 0. The van der Waals surface area contributed by atoms with Gasteiger partial charge in [0.05, 0.1) is 4.92 Å². The largest absolute Gasteiger partial charge is 0.369 e. The van der Waals surface area contributed by atoms with Crippen LogP contribution in [0.4, 0.5) is 44.2 Å². The second-order valence-corrected chi connectivity index (χ2v) is 37.9. The molecule has 119 heavy (non-hydrogen) atoms. The molecule has 6 aromatic rings. The lowest BCUT2D eigenvalue weighted by Crippen LogP contribution is -2.51. The molecule has 0 radical (unpaired) electrons. The van der Waals surface area contributed by atoms with Crippen LogP contribution >= 0.6 is 23.2 Å². The number of nitro benzene ring substituents is 1. The molecule has 12 fully saturated rings. The van der Waals surface area contributed by atoms with Gasteiger partial charge in [0.1, 0.15) is 5.82 Å². The van der Waals surface area contributed by atoms with Crippen LogP contribution < -0.4 is 29.4 Å². The SMILES string of the molecule is CC1CCC(N2CCN(c3ccc(Cl)cc3)CC2)CC1.CC1CCC(N2CCN(c3ccc(F)cc3)CC2)CC1.Clc1ccc(N2CCN(C3CCCCCC3)CC2)cc1.O=[N+]([O-])c1ccc(N2CCN(C3CCCC3)CC2)cc1.c1ccc(N2CCN(C3CCCCCC3)CC2)cc1.c1ccc(N2CCN(C3CCCCCCC3)CC2)cc1.